The van der Waals surface area contributed by atoms with Crippen LogP contribution >= 0.6 is 0 Å². The van der Waals surface area contributed by atoms with Crippen LogP contribution < -0.4 is 10.8 Å². The quantitative estimate of drug-likeness (QED) is 0.343. The van der Waals surface area contributed by atoms with Gasteiger partial charge in [0.2, 0.25) is 11.7 Å². The normalized spacial score (nSPS) is 11.8. The average molecular weight is 492 g/mol. The Morgan fingerprint density at radius 3 is 2.72 bits per heavy atom. The van der Waals surface area contributed by atoms with Gasteiger partial charge in [-0.1, -0.05) is 0 Å². The Bertz CT molecular complexity index is 1460. The van der Waals surface area contributed by atoms with Crippen molar-refractivity contribution in [3.8, 4) is 11.8 Å². The van der Waals surface area contributed by atoms with E-state index in [0.29, 0.717) is 16.0 Å². The van der Waals surface area contributed by atoms with Gasteiger partial charge in [-0.05, 0) is 24.3 Å². The second-order valence-electron chi connectivity index (χ2n) is 7.37. The van der Waals surface area contributed by atoms with E-state index in [1.165, 1.54) is 47.9 Å². The van der Waals surface area contributed by atoms with Crippen molar-refractivity contribution < 1.29 is 18.8 Å². The molecule has 14 heteroatoms. The van der Waals surface area contributed by atoms with Gasteiger partial charge in [0.15, 0.2) is 5.49 Å². The third kappa shape index (κ3) is 5.36. The summed E-state index contributed by atoms with van der Waals surface area (Å²) in [6.07, 6.45) is 7.94. The molecule has 0 bridgehead atoms. The molecule has 0 aliphatic carbocycles. The summed E-state index contributed by atoms with van der Waals surface area (Å²) in [6, 6.07) is 7.46. The van der Waals surface area contributed by atoms with Crippen LogP contribution in [0.4, 0.5) is 8.78 Å². The molecule has 0 aromatic carbocycles. The van der Waals surface area contributed by atoms with Crippen molar-refractivity contribution in [2.45, 2.75) is 18.9 Å². The number of aromatic nitrogens is 7. The first-order valence-corrected chi connectivity index (χ1v) is 10.4. The van der Waals surface area contributed by atoms with Crippen LogP contribution in [0, 0.1) is 11.3 Å². The highest BCUT2D eigenvalue weighted by Crippen LogP contribution is 2.24. The Labute approximate surface area is 202 Å². The first-order valence-electron chi connectivity index (χ1n) is 10.4. The lowest BCUT2D eigenvalue weighted by Crippen LogP contribution is -2.31. The van der Waals surface area contributed by atoms with Crippen molar-refractivity contribution in [2.24, 2.45) is 4.99 Å². The zero-order valence-electron chi connectivity index (χ0n) is 18.5. The third-order valence-corrected chi connectivity index (χ3v) is 4.98. The minimum atomic E-state index is -3.49. The molecule has 182 valence electrons. The summed E-state index contributed by atoms with van der Waals surface area (Å²) in [7, 11) is 0. The van der Waals surface area contributed by atoms with Gasteiger partial charge in [-0.3, -0.25) is 14.8 Å². The number of rotatable bonds is 8. The number of nitrogens with one attached hydrogen (secondary N) is 1. The standard InChI is InChI=1S/C22H18F2N10O2/c23-22(24,21-28-5-1-6-29-21)12-31-19-3-2-15(9-25)18(34(19)36)8-20(35)30-11-16-10-26-7-4-17(16)33-14-27-13-32-33/h1-7,10,13-14,36H,8,11-12H2,(H,30,35). The van der Waals surface area contributed by atoms with Crippen molar-refractivity contribution in [2.75, 3.05) is 6.54 Å². The predicted octanol–water partition coefficient (Wildman–Crippen LogP) is 0.914. The second kappa shape index (κ2) is 10.5. The first-order chi connectivity index (χ1) is 17.4. The summed E-state index contributed by atoms with van der Waals surface area (Å²) in [6.45, 7) is -0.982. The van der Waals surface area contributed by atoms with Crippen LogP contribution in [0.5, 0.6) is 0 Å². The fourth-order valence-corrected chi connectivity index (χ4v) is 3.23. The van der Waals surface area contributed by atoms with Gasteiger partial charge in [-0.2, -0.15) is 23.9 Å². The number of hydrogen-bond donors (Lipinski definition) is 2. The zero-order valence-corrected chi connectivity index (χ0v) is 18.5. The molecule has 12 nitrogen and oxygen atoms in total. The highest BCUT2D eigenvalue weighted by Gasteiger charge is 2.34. The van der Waals surface area contributed by atoms with Crippen molar-refractivity contribution in [3.05, 3.63) is 89.8 Å². The topological polar surface area (TPSA) is 160 Å². The predicted molar refractivity (Wildman–Crippen MR) is 117 cm³/mol. The van der Waals surface area contributed by atoms with E-state index in [2.05, 4.69) is 35.3 Å². The van der Waals surface area contributed by atoms with E-state index in [9.17, 15) is 24.0 Å². The molecule has 36 heavy (non-hydrogen) atoms. The van der Waals surface area contributed by atoms with Gasteiger partial charge in [0.1, 0.15) is 25.3 Å². The van der Waals surface area contributed by atoms with Gasteiger partial charge >= 0.3 is 5.92 Å². The molecular formula is C22H18F2N10O2. The van der Waals surface area contributed by atoms with Gasteiger partial charge in [0, 0.05) is 36.9 Å². The molecule has 0 unspecified atom stereocenters. The molecule has 1 amide bonds. The Morgan fingerprint density at radius 2 is 2.00 bits per heavy atom. The van der Waals surface area contributed by atoms with Gasteiger partial charge in [0.05, 0.1) is 23.4 Å². The average Bonchev–Trinajstić information content (AvgIpc) is 3.43. The molecule has 0 saturated carbocycles. The Morgan fingerprint density at radius 1 is 1.19 bits per heavy atom. The van der Waals surface area contributed by atoms with Crippen molar-refractivity contribution >= 4 is 5.91 Å². The van der Waals surface area contributed by atoms with E-state index in [1.807, 2.05) is 6.07 Å². The molecule has 4 aromatic rings. The number of nitrogens with zero attached hydrogens (tertiary/aromatic N) is 9. The number of carbonyl (C=O) groups excluding carboxylic acids is 1. The summed E-state index contributed by atoms with van der Waals surface area (Å²) in [4.78, 5) is 31.4. The molecular weight excluding hydrogens is 474 g/mol. The smallest absolute Gasteiger partial charge is 0.325 e. The molecule has 0 radical (unpaired) electrons. The lowest BCUT2D eigenvalue weighted by atomic mass is 10.1. The van der Waals surface area contributed by atoms with Gasteiger partial charge in [-0.25, -0.2) is 19.6 Å². The maximum absolute atomic E-state index is 14.4. The van der Waals surface area contributed by atoms with Gasteiger partial charge in [0.25, 0.3) is 0 Å². The molecule has 4 heterocycles. The number of alkyl halides is 2. The number of halogens is 2. The summed E-state index contributed by atoms with van der Waals surface area (Å²) < 4.78 is 30.7. The zero-order chi connectivity index (χ0) is 25.5. The van der Waals surface area contributed by atoms with E-state index in [-0.39, 0.29) is 23.3 Å². The molecule has 0 spiro atoms. The van der Waals surface area contributed by atoms with Gasteiger partial charge < -0.3 is 10.5 Å². The number of amides is 1. The number of hydrogen-bond acceptors (Lipinski definition) is 9. The van der Waals surface area contributed by atoms with Crippen LogP contribution in [0.1, 0.15) is 22.6 Å². The minimum Gasteiger partial charge on any atom is -0.427 e. The van der Waals surface area contributed by atoms with Crippen LogP contribution in [0.15, 0.2) is 66.7 Å². The van der Waals surface area contributed by atoms with Crippen LogP contribution in [-0.2, 0) is 23.7 Å². The van der Waals surface area contributed by atoms with Crippen molar-refractivity contribution in [1.29, 1.82) is 5.26 Å². The SMILES string of the molecule is N#Cc1ccc(=NCC(F)(F)c2ncccn2)n(O)c1CC(=O)NCc1cnccc1-n1cncn1. The number of pyridine rings is 2. The van der Waals surface area contributed by atoms with E-state index in [4.69, 9.17) is 0 Å². The monoisotopic (exact) mass is 492 g/mol. The minimum absolute atomic E-state index is 0.0190. The van der Waals surface area contributed by atoms with E-state index in [1.54, 1.807) is 18.5 Å². The maximum Gasteiger partial charge on any atom is 0.325 e. The highest BCUT2D eigenvalue weighted by atomic mass is 19.3. The van der Waals surface area contributed by atoms with Gasteiger partial charge in [-0.15, -0.1) is 0 Å². The molecule has 0 atom stereocenters. The lowest BCUT2D eigenvalue weighted by molar-refractivity contribution is -0.120. The first kappa shape index (κ1) is 24.1. The number of carbonyl (C=O) groups is 1. The lowest BCUT2D eigenvalue weighted by Gasteiger charge is -2.13. The molecule has 0 aliphatic rings. The molecule has 2 N–H and O–H groups in total. The highest BCUT2D eigenvalue weighted by molar-refractivity contribution is 5.78. The van der Waals surface area contributed by atoms with Crippen molar-refractivity contribution in [1.82, 2.24) is 39.8 Å². The summed E-state index contributed by atoms with van der Waals surface area (Å²) in [5.41, 5.74) is 0.894. The van der Waals surface area contributed by atoms with Crippen LogP contribution in [-0.4, -0.2) is 52.1 Å². The Kier molecular flexibility index (Phi) is 7.00. The van der Waals surface area contributed by atoms with E-state index >= 15 is 0 Å². The molecule has 4 aromatic heterocycles. The van der Waals surface area contributed by atoms with Crippen LogP contribution in [0.25, 0.3) is 5.69 Å². The largest absolute Gasteiger partial charge is 0.427 e. The van der Waals surface area contributed by atoms with Crippen LogP contribution in [0.3, 0.4) is 0 Å². The summed E-state index contributed by atoms with van der Waals surface area (Å²) >= 11 is 0. The molecule has 0 saturated heterocycles. The summed E-state index contributed by atoms with van der Waals surface area (Å²) in [5, 5.41) is 26.7. The Hall–Kier alpha value is -5.06. The molecule has 0 fully saturated rings. The van der Waals surface area contributed by atoms with Crippen molar-refractivity contribution in [3.63, 3.8) is 0 Å². The second-order valence-corrected chi connectivity index (χ2v) is 7.37. The van der Waals surface area contributed by atoms with E-state index < -0.39 is 30.6 Å². The molecule has 4 rings (SSSR count). The Balaban J connectivity index is 1.52. The molecule has 0 aliphatic heterocycles. The maximum atomic E-state index is 14.4. The third-order valence-electron chi connectivity index (χ3n) is 4.98. The van der Waals surface area contributed by atoms with Crippen LogP contribution in [0.2, 0.25) is 0 Å². The van der Waals surface area contributed by atoms with E-state index in [0.717, 1.165) is 0 Å². The fourth-order valence-electron chi connectivity index (χ4n) is 3.23. The number of nitriles is 1. The fraction of sp³-hybridized carbons (Fsp3) is 0.182. The summed E-state index contributed by atoms with van der Waals surface area (Å²) in [5.74, 6) is -4.75.